The largest absolute Gasteiger partial charge is 0.501 e. The molecule has 0 N–H and O–H groups in total. The lowest BCUT2D eigenvalue weighted by atomic mass is 9.62. The molecule has 13 fully saturated rings. The topological polar surface area (TPSA) is 18.5 Å². The van der Waals surface area contributed by atoms with Crippen LogP contribution in [0.1, 0.15) is 269 Å². The Labute approximate surface area is 563 Å². The first-order chi connectivity index (χ1) is 43.7. The van der Waals surface area contributed by atoms with Crippen LogP contribution in [-0.4, -0.2) is 19.8 Å². The summed E-state index contributed by atoms with van der Waals surface area (Å²) in [4.78, 5) is 0. The average molecular weight is 1250 g/mol. The number of benzene rings is 1. The second-order valence-corrected chi connectivity index (χ2v) is 36.9. The minimum atomic E-state index is 0.542. The van der Waals surface area contributed by atoms with Gasteiger partial charge in [-0.1, -0.05) is 220 Å². The minimum absolute atomic E-state index is 0.542. The van der Waals surface area contributed by atoms with Gasteiger partial charge in [-0.15, -0.1) is 0 Å². The van der Waals surface area contributed by atoms with Crippen molar-refractivity contribution >= 4 is 0 Å². The molecule has 91 heavy (non-hydrogen) atoms. The standard InChI is InChI=1S/C13H20O.C12H24.C11H18.2C11H16.C10H16.C8H14.C7H8.C6H12O/c1-3-14-9-12-6-5-11-8-10(2)4-7-13(11)12;1-6-10(2)12(5)9-7-8-11(12,3)4;3*1-7-5-8-6-11(7)10-4-2-3-9(8)10;1-8-5-6-9-3-2-4-10(9)7-8;1-6-4-7-2-3-8(6)5-7;1-7-5-3-2-4-6-7;1-3-6(2)4-7-5-6/h3,5-6,10-13H,1,4,7-9H2,2H3;10H,6-9H2,1-5H3;7-11H,2-6H2,1H3;2*2,4,7-11H,3,5-6H2,1H3;2,4,8-10H,3,5-7H2,1H3;6-8H,2-5H2,1H3;2-6H,1H3;3-5H2,1-2H3. The maximum atomic E-state index is 5.31. The highest BCUT2D eigenvalue weighted by atomic mass is 16.5. The Morgan fingerprint density at radius 3 is 1.60 bits per heavy atom. The maximum absolute atomic E-state index is 5.31. The second-order valence-electron chi connectivity index (χ2n) is 36.9. The number of hydrogen-bond acceptors (Lipinski definition) is 2. The molecule has 0 amide bonds. The first kappa shape index (κ1) is 71.5. The fraction of sp³-hybridized carbons (Fsp3) is 0.820. The van der Waals surface area contributed by atoms with Gasteiger partial charge in [-0.3, -0.25) is 0 Å². The third-order valence-corrected chi connectivity index (χ3v) is 30.9. The fourth-order valence-electron chi connectivity index (χ4n) is 24.2. The maximum Gasteiger partial charge on any atom is 0.0938 e. The number of hydrogen-bond donors (Lipinski definition) is 0. The van der Waals surface area contributed by atoms with Gasteiger partial charge in [0.05, 0.1) is 26.1 Å². The molecule has 1 aromatic carbocycles. The van der Waals surface area contributed by atoms with E-state index in [1.165, 1.54) is 126 Å². The van der Waals surface area contributed by atoms with Crippen LogP contribution in [0, 0.1) is 177 Å². The van der Waals surface area contributed by atoms with Gasteiger partial charge in [-0.05, 0) is 301 Å². The molecule has 0 radical (unpaired) electrons. The normalized spacial score (nSPS) is 45.0. The quantitative estimate of drug-likeness (QED) is 0.209. The highest BCUT2D eigenvalue weighted by molar-refractivity contribution is 5.16. The van der Waals surface area contributed by atoms with Gasteiger partial charge in [-0.2, -0.15) is 0 Å². The van der Waals surface area contributed by atoms with Crippen molar-refractivity contribution in [1.82, 2.24) is 0 Å². The number of ether oxygens (including phenoxy) is 2. The van der Waals surface area contributed by atoms with E-state index in [4.69, 9.17) is 9.47 Å². The summed E-state index contributed by atoms with van der Waals surface area (Å²) in [5, 5.41) is 0. The Bertz CT molecular complexity index is 2420. The van der Waals surface area contributed by atoms with Crippen LogP contribution in [0.3, 0.4) is 0 Å². The molecule has 27 atom stereocenters. The van der Waals surface area contributed by atoms with Crippen LogP contribution < -0.4 is 0 Å². The number of rotatable bonds is 6. The average Bonchev–Trinajstić information content (AvgIpc) is 1.64. The van der Waals surface area contributed by atoms with Crippen molar-refractivity contribution in [2.45, 2.75) is 270 Å². The summed E-state index contributed by atoms with van der Waals surface area (Å²) in [6, 6.07) is 10.3. The zero-order chi connectivity index (χ0) is 64.6. The third kappa shape index (κ3) is 17.2. The second kappa shape index (κ2) is 32.4. The van der Waals surface area contributed by atoms with Crippen molar-refractivity contribution < 1.29 is 9.47 Å². The molecule has 0 aromatic heterocycles. The van der Waals surface area contributed by atoms with E-state index >= 15 is 0 Å². The Balaban J connectivity index is 0.000000113. The van der Waals surface area contributed by atoms with E-state index in [1.54, 1.807) is 76.9 Å². The lowest BCUT2D eigenvalue weighted by molar-refractivity contribution is -0.103. The van der Waals surface area contributed by atoms with E-state index in [1.807, 2.05) is 18.2 Å². The van der Waals surface area contributed by atoms with Crippen molar-refractivity contribution in [2.75, 3.05) is 19.8 Å². The molecule has 27 unspecified atom stereocenters. The summed E-state index contributed by atoms with van der Waals surface area (Å²) in [7, 11) is 0. The summed E-state index contributed by atoms with van der Waals surface area (Å²) in [5.41, 5.74) is 3.03. The van der Waals surface area contributed by atoms with Crippen LogP contribution in [0.15, 0.2) is 91.8 Å². The summed E-state index contributed by atoms with van der Waals surface area (Å²) < 4.78 is 10.3. The minimum Gasteiger partial charge on any atom is -0.501 e. The molecule has 2 heteroatoms. The molecule has 18 rings (SSSR count). The molecule has 12 saturated carbocycles. The van der Waals surface area contributed by atoms with E-state index in [9.17, 15) is 0 Å². The monoisotopic (exact) mass is 1250 g/mol. The summed E-state index contributed by atoms with van der Waals surface area (Å²) >= 11 is 0. The molecule has 16 aliphatic carbocycles. The molecule has 0 spiro atoms. The Morgan fingerprint density at radius 2 is 1.10 bits per heavy atom. The van der Waals surface area contributed by atoms with Gasteiger partial charge >= 0.3 is 0 Å². The Hall–Kier alpha value is -2.32. The van der Waals surface area contributed by atoms with Gasteiger partial charge in [0.15, 0.2) is 0 Å². The van der Waals surface area contributed by atoms with E-state index in [-0.39, 0.29) is 0 Å². The smallest absolute Gasteiger partial charge is 0.0938 e. The van der Waals surface area contributed by atoms with E-state index in [0.717, 1.165) is 150 Å². The van der Waals surface area contributed by atoms with Gasteiger partial charge in [0.1, 0.15) is 0 Å². The van der Waals surface area contributed by atoms with Crippen LogP contribution >= 0.6 is 0 Å². The number of allylic oxidation sites excluding steroid dienone is 7. The molecule has 8 bridgehead atoms. The van der Waals surface area contributed by atoms with E-state index < -0.39 is 0 Å². The SMILES string of the molecule is C=COCC1C=CC2CC(C)CCC12.CC1CC2CC1C1C=CCC21.CC1CC2CC1C1C=CCC21.CC1CC2CC1C1CCCC21.CC1CC2CCC1C2.CC1CCC2CC=CC2C1.CCC(C)C1(C)CCCC1(C)C.CCC1(C)COC1.Cc1ccccc1. The highest BCUT2D eigenvalue weighted by Gasteiger charge is 2.54. The van der Waals surface area contributed by atoms with E-state index in [0.29, 0.717) is 22.2 Å². The molecular formula is C89H144O2. The van der Waals surface area contributed by atoms with Gasteiger partial charge in [0.2, 0.25) is 0 Å². The summed E-state index contributed by atoms with van der Waals surface area (Å²) in [5.74, 6) is 26.9. The fourth-order valence-corrected chi connectivity index (χ4v) is 24.2. The number of fused-ring (bicyclic) bond motifs is 19. The zero-order valence-corrected chi connectivity index (χ0v) is 61.8. The summed E-state index contributed by atoms with van der Waals surface area (Å²) in [6.07, 6.45) is 61.0. The van der Waals surface area contributed by atoms with Crippen molar-refractivity contribution in [3.8, 4) is 0 Å². The third-order valence-electron chi connectivity index (χ3n) is 30.9. The lowest BCUT2D eigenvalue weighted by Crippen LogP contribution is -2.38. The molecule has 1 aliphatic heterocycles. The van der Waals surface area contributed by atoms with Crippen molar-refractivity contribution in [1.29, 1.82) is 0 Å². The lowest BCUT2D eigenvalue weighted by Gasteiger charge is -2.43. The Kier molecular flexibility index (Phi) is 25.4. The van der Waals surface area contributed by atoms with Gasteiger partial charge in [0, 0.05) is 11.3 Å². The first-order valence-corrected chi connectivity index (χ1v) is 40.2. The van der Waals surface area contributed by atoms with Crippen LogP contribution in [0.2, 0.25) is 0 Å². The first-order valence-electron chi connectivity index (χ1n) is 40.2. The molecule has 512 valence electrons. The Morgan fingerprint density at radius 1 is 0.516 bits per heavy atom. The number of aryl methyl sites for hydroxylation is 1. The van der Waals surface area contributed by atoms with Gasteiger partial charge in [0.25, 0.3) is 0 Å². The van der Waals surface area contributed by atoms with Gasteiger partial charge < -0.3 is 9.47 Å². The molecule has 2 nitrogen and oxygen atoms in total. The van der Waals surface area contributed by atoms with Crippen LogP contribution in [0.4, 0.5) is 0 Å². The molecule has 17 aliphatic rings. The van der Waals surface area contributed by atoms with Crippen LogP contribution in [0.25, 0.3) is 0 Å². The van der Waals surface area contributed by atoms with Crippen LogP contribution in [0.5, 0.6) is 0 Å². The van der Waals surface area contributed by atoms with E-state index in [2.05, 4.69) is 164 Å². The highest BCUT2D eigenvalue weighted by Crippen LogP contribution is 2.62. The molecule has 1 saturated heterocycles. The van der Waals surface area contributed by atoms with Crippen molar-refractivity contribution in [2.24, 2.45) is 170 Å². The van der Waals surface area contributed by atoms with Crippen molar-refractivity contribution in [3.63, 3.8) is 0 Å². The predicted octanol–water partition coefficient (Wildman–Crippen LogP) is 25.3. The predicted molar refractivity (Wildman–Crippen MR) is 391 cm³/mol. The molecular weight excluding hydrogens is 1100 g/mol. The van der Waals surface area contributed by atoms with Crippen molar-refractivity contribution in [3.05, 3.63) is 97.3 Å². The van der Waals surface area contributed by atoms with Crippen LogP contribution in [-0.2, 0) is 9.47 Å². The molecule has 1 heterocycles. The zero-order valence-electron chi connectivity index (χ0n) is 61.8. The van der Waals surface area contributed by atoms with Gasteiger partial charge in [-0.25, -0.2) is 0 Å². The molecule has 1 aromatic rings. The summed E-state index contributed by atoms with van der Waals surface area (Å²) in [6.45, 7) is 39.6.